The van der Waals surface area contributed by atoms with E-state index in [1.807, 2.05) is 27.7 Å². The minimum atomic E-state index is -3.39. The van der Waals surface area contributed by atoms with Gasteiger partial charge in [0.2, 0.25) is 10.0 Å². The Bertz CT molecular complexity index is 946. The summed E-state index contributed by atoms with van der Waals surface area (Å²) in [5, 5.41) is 0.798. The van der Waals surface area contributed by atoms with Gasteiger partial charge in [-0.05, 0) is 41.7 Å². The number of nitrogens with two attached hydrogens (primary N) is 1. The predicted molar refractivity (Wildman–Crippen MR) is 100 cm³/mol. The molecule has 0 saturated carbocycles. The zero-order valence-corrected chi connectivity index (χ0v) is 16.2. The molecule has 136 valence electrons. The van der Waals surface area contributed by atoms with Crippen molar-refractivity contribution in [1.82, 2.24) is 10.4 Å². The molecule has 0 aliphatic heterocycles. The average molecular weight is 364 g/mol. The van der Waals surface area contributed by atoms with E-state index < -0.39 is 15.9 Å². The minimum Gasteiger partial charge on any atom is -0.289 e. The number of hydrogen-bond donors (Lipinski definition) is 2. The van der Waals surface area contributed by atoms with Gasteiger partial charge in [-0.2, -0.15) is 0 Å². The Kier molecular flexibility index (Phi) is 4.80. The first-order valence-corrected chi connectivity index (χ1v) is 9.62. The van der Waals surface area contributed by atoms with Crippen molar-refractivity contribution in [2.75, 3.05) is 17.6 Å². The van der Waals surface area contributed by atoms with Crippen molar-refractivity contribution >= 4 is 32.5 Å². The maximum atomic E-state index is 11.9. The van der Waals surface area contributed by atoms with Crippen LogP contribution in [0.25, 0.3) is 10.9 Å². The number of carbonyl (C=O) groups excluding carboxylic acids is 1. The Morgan fingerprint density at radius 1 is 1.24 bits per heavy atom. The Morgan fingerprint density at radius 3 is 2.32 bits per heavy atom. The van der Waals surface area contributed by atoms with E-state index in [0.29, 0.717) is 11.2 Å². The molecule has 25 heavy (non-hydrogen) atoms. The molecule has 1 aromatic heterocycles. The van der Waals surface area contributed by atoms with Crippen LogP contribution in [0.15, 0.2) is 18.2 Å². The molecule has 0 spiro atoms. The second-order valence-corrected chi connectivity index (χ2v) is 9.18. The summed E-state index contributed by atoms with van der Waals surface area (Å²) in [6, 6.07) is 5.22. The van der Waals surface area contributed by atoms with E-state index in [9.17, 15) is 13.2 Å². The molecule has 2 rings (SSSR count). The molecule has 1 heterocycles. The largest absolute Gasteiger partial charge is 0.289 e. The number of hydrazine groups is 1. The van der Waals surface area contributed by atoms with E-state index in [1.54, 1.807) is 18.2 Å². The number of nitrogens with one attached hydrogen (secondary N) is 1. The summed E-state index contributed by atoms with van der Waals surface area (Å²) in [6.07, 6.45) is 1.16. The van der Waals surface area contributed by atoms with Crippen molar-refractivity contribution in [2.24, 2.45) is 5.84 Å². The molecule has 7 nitrogen and oxygen atoms in total. The smallest absolute Gasteiger partial charge is 0.283 e. The molecule has 1 aromatic carbocycles. The van der Waals surface area contributed by atoms with Crippen LogP contribution in [0, 0.1) is 6.92 Å². The lowest BCUT2D eigenvalue weighted by Gasteiger charge is -2.25. The molecule has 0 aliphatic rings. The topological polar surface area (TPSA) is 105 Å². The summed E-state index contributed by atoms with van der Waals surface area (Å²) in [6.45, 7) is 7.89. The molecule has 0 fully saturated rings. The Morgan fingerprint density at radius 2 is 1.84 bits per heavy atom. The van der Waals surface area contributed by atoms with E-state index in [1.165, 1.54) is 11.4 Å². The Balaban J connectivity index is 2.90. The molecule has 0 aliphatic carbocycles. The number of benzene rings is 1. The fraction of sp³-hybridized carbons (Fsp3) is 0.412. The highest BCUT2D eigenvalue weighted by Gasteiger charge is 2.23. The van der Waals surface area contributed by atoms with Crippen LogP contribution in [0.4, 0.5) is 5.69 Å². The number of aryl methyl sites for hydroxylation is 1. The van der Waals surface area contributed by atoms with Gasteiger partial charge in [-0.15, -0.1) is 0 Å². The van der Waals surface area contributed by atoms with E-state index >= 15 is 0 Å². The van der Waals surface area contributed by atoms with Gasteiger partial charge in [0.25, 0.3) is 5.91 Å². The van der Waals surface area contributed by atoms with E-state index in [0.717, 1.165) is 22.8 Å². The SMILES string of the molecule is Cc1cc(C(=O)NN)nc2c(C(C)(C)C)cc(N(C)S(C)(=O)=O)cc12. The monoisotopic (exact) mass is 364 g/mol. The first-order chi connectivity index (χ1) is 11.4. The number of aromatic nitrogens is 1. The van der Waals surface area contributed by atoms with E-state index in [4.69, 9.17) is 5.84 Å². The van der Waals surface area contributed by atoms with E-state index in [2.05, 4.69) is 10.4 Å². The standard InChI is InChI=1S/C17H24N4O3S/c1-10-7-14(16(22)20-18)19-15-12(10)8-11(21(5)25(6,23)24)9-13(15)17(2,3)4/h7-9H,18H2,1-6H3,(H,20,22). The van der Waals surface area contributed by atoms with Crippen molar-refractivity contribution < 1.29 is 13.2 Å². The summed E-state index contributed by atoms with van der Waals surface area (Å²) in [7, 11) is -1.88. The molecule has 0 radical (unpaired) electrons. The van der Waals surface area contributed by atoms with Crippen LogP contribution in [0.3, 0.4) is 0 Å². The van der Waals surface area contributed by atoms with Crippen molar-refractivity contribution in [3.8, 4) is 0 Å². The number of carbonyl (C=O) groups is 1. The number of sulfonamides is 1. The molecule has 0 unspecified atom stereocenters. The maximum absolute atomic E-state index is 11.9. The number of amides is 1. The zero-order valence-electron chi connectivity index (χ0n) is 15.3. The zero-order chi connectivity index (χ0) is 19.2. The third kappa shape index (κ3) is 3.74. The molecule has 0 bridgehead atoms. The highest BCUT2D eigenvalue weighted by atomic mass is 32.2. The first kappa shape index (κ1) is 19.1. The number of fused-ring (bicyclic) bond motifs is 1. The highest BCUT2D eigenvalue weighted by molar-refractivity contribution is 7.92. The summed E-state index contributed by atoms with van der Waals surface area (Å²) in [4.78, 5) is 16.4. The highest BCUT2D eigenvalue weighted by Crippen LogP contribution is 2.35. The predicted octanol–water partition coefficient (Wildman–Crippen LogP) is 1.84. The number of nitrogen functional groups attached to an aromatic ring is 1. The molecule has 0 atom stereocenters. The second kappa shape index (κ2) is 6.27. The van der Waals surface area contributed by atoms with Crippen LogP contribution in [0.5, 0.6) is 0 Å². The van der Waals surface area contributed by atoms with Gasteiger partial charge < -0.3 is 0 Å². The Hall–Kier alpha value is -2.19. The van der Waals surface area contributed by atoms with Crippen molar-refractivity contribution in [3.63, 3.8) is 0 Å². The lowest BCUT2D eigenvalue weighted by atomic mass is 9.84. The summed E-state index contributed by atoms with van der Waals surface area (Å²) >= 11 is 0. The molecular formula is C17H24N4O3S. The minimum absolute atomic E-state index is 0.224. The maximum Gasteiger partial charge on any atom is 0.283 e. The molecule has 8 heteroatoms. The average Bonchev–Trinajstić information content (AvgIpc) is 2.50. The number of nitrogens with zero attached hydrogens (tertiary/aromatic N) is 2. The quantitative estimate of drug-likeness (QED) is 0.491. The van der Waals surface area contributed by atoms with Crippen LogP contribution >= 0.6 is 0 Å². The van der Waals surface area contributed by atoms with Gasteiger partial charge in [-0.25, -0.2) is 19.2 Å². The number of hydrogen-bond acceptors (Lipinski definition) is 5. The Labute approximate surface area is 148 Å². The number of pyridine rings is 1. The van der Waals surface area contributed by atoms with Crippen molar-refractivity contribution in [1.29, 1.82) is 0 Å². The van der Waals surface area contributed by atoms with Crippen molar-refractivity contribution in [3.05, 3.63) is 35.0 Å². The van der Waals surface area contributed by atoms with Gasteiger partial charge in [0.05, 0.1) is 17.5 Å². The summed E-state index contributed by atoms with van der Waals surface area (Å²) in [5.74, 6) is 4.75. The van der Waals surface area contributed by atoms with Gasteiger partial charge >= 0.3 is 0 Å². The second-order valence-electron chi connectivity index (χ2n) is 7.17. The lowest BCUT2D eigenvalue weighted by molar-refractivity contribution is 0.0949. The molecule has 0 saturated heterocycles. The van der Waals surface area contributed by atoms with Crippen LogP contribution in [0.1, 0.15) is 42.4 Å². The number of anilines is 1. The molecular weight excluding hydrogens is 340 g/mol. The van der Waals surface area contributed by atoms with Gasteiger partial charge in [0.1, 0.15) is 5.69 Å². The third-order valence-electron chi connectivity index (χ3n) is 4.14. The fourth-order valence-electron chi connectivity index (χ4n) is 2.61. The lowest BCUT2D eigenvalue weighted by Crippen LogP contribution is -2.31. The number of rotatable bonds is 3. The van der Waals surface area contributed by atoms with Crippen LogP contribution in [-0.2, 0) is 15.4 Å². The van der Waals surface area contributed by atoms with Gasteiger partial charge in [-0.3, -0.25) is 14.5 Å². The van der Waals surface area contributed by atoms with Crippen molar-refractivity contribution in [2.45, 2.75) is 33.1 Å². The van der Waals surface area contributed by atoms with Gasteiger partial charge in [-0.1, -0.05) is 20.8 Å². The third-order valence-corrected chi connectivity index (χ3v) is 5.34. The molecule has 3 N–H and O–H groups in total. The van der Waals surface area contributed by atoms with E-state index in [-0.39, 0.29) is 11.1 Å². The molecule has 1 amide bonds. The first-order valence-electron chi connectivity index (χ1n) is 7.77. The van der Waals surface area contributed by atoms with Gasteiger partial charge in [0, 0.05) is 12.4 Å². The van der Waals surface area contributed by atoms with Crippen LogP contribution in [-0.4, -0.2) is 32.6 Å². The molecule has 2 aromatic rings. The van der Waals surface area contributed by atoms with Crippen LogP contribution in [0.2, 0.25) is 0 Å². The summed E-state index contributed by atoms with van der Waals surface area (Å²) < 4.78 is 25.1. The van der Waals surface area contributed by atoms with Gasteiger partial charge in [0.15, 0.2) is 0 Å². The fourth-order valence-corrected chi connectivity index (χ4v) is 3.10. The van der Waals surface area contributed by atoms with Crippen LogP contribution < -0.4 is 15.6 Å². The summed E-state index contributed by atoms with van der Waals surface area (Å²) in [5.41, 5.74) is 4.90. The normalized spacial score (nSPS) is 12.3.